The number of hydrogen-bond acceptors (Lipinski definition) is 2. The molecule has 1 fully saturated rings. The van der Waals surface area contributed by atoms with E-state index < -0.39 is 5.54 Å². The first-order valence-electron chi connectivity index (χ1n) is 6.86. The molecule has 0 saturated heterocycles. The lowest BCUT2D eigenvalue weighted by Crippen LogP contribution is -2.47. The Bertz CT molecular complexity index is 478. The van der Waals surface area contributed by atoms with Crippen LogP contribution >= 0.6 is 12.4 Å². The summed E-state index contributed by atoms with van der Waals surface area (Å²) >= 11 is 0. The Morgan fingerprint density at radius 2 is 1.80 bits per heavy atom. The molecule has 3 nitrogen and oxygen atoms in total. The van der Waals surface area contributed by atoms with Gasteiger partial charge in [0.05, 0.1) is 5.54 Å². The number of carbonyl (C=O) groups excluding carboxylic acids is 1. The summed E-state index contributed by atoms with van der Waals surface area (Å²) in [6.07, 6.45) is 1.64. The Morgan fingerprint density at radius 3 is 2.25 bits per heavy atom. The predicted molar refractivity (Wildman–Crippen MR) is 85.2 cm³/mol. The van der Waals surface area contributed by atoms with Gasteiger partial charge in [-0.2, -0.15) is 0 Å². The van der Waals surface area contributed by atoms with Crippen molar-refractivity contribution in [2.45, 2.75) is 44.6 Å². The molecule has 112 valence electrons. The standard InChI is InChI=1S/C16H24N2O.ClH/c1-12-5-7-13(8-6-12)15(2,3)11-18(4)14(19)16(17)9-10-16;/h5-8H,9-11,17H2,1-4H3;1H. The number of nitrogens with two attached hydrogens (primary N) is 1. The molecule has 0 radical (unpaired) electrons. The fourth-order valence-electron chi connectivity index (χ4n) is 2.49. The number of likely N-dealkylation sites (N-methyl/N-ethyl adjacent to an activating group) is 1. The van der Waals surface area contributed by atoms with Crippen molar-refractivity contribution in [3.63, 3.8) is 0 Å². The maximum atomic E-state index is 12.2. The summed E-state index contributed by atoms with van der Waals surface area (Å²) in [6.45, 7) is 7.10. The number of amides is 1. The van der Waals surface area contributed by atoms with Crippen LogP contribution in [0.1, 0.15) is 37.8 Å². The lowest BCUT2D eigenvalue weighted by Gasteiger charge is -2.32. The Morgan fingerprint density at radius 1 is 1.30 bits per heavy atom. The maximum Gasteiger partial charge on any atom is 0.242 e. The van der Waals surface area contributed by atoms with Gasteiger partial charge in [0.1, 0.15) is 0 Å². The average Bonchev–Trinajstić information content (AvgIpc) is 3.07. The molecule has 0 heterocycles. The highest BCUT2D eigenvalue weighted by atomic mass is 35.5. The van der Waals surface area contributed by atoms with Crippen LogP contribution in [-0.2, 0) is 10.2 Å². The molecule has 1 aromatic rings. The summed E-state index contributed by atoms with van der Waals surface area (Å²) in [4.78, 5) is 14.0. The van der Waals surface area contributed by atoms with Crippen LogP contribution in [0.25, 0.3) is 0 Å². The summed E-state index contributed by atoms with van der Waals surface area (Å²) in [5.41, 5.74) is 7.84. The minimum absolute atomic E-state index is 0. The largest absolute Gasteiger partial charge is 0.343 e. The van der Waals surface area contributed by atoms with Gasteiger partial charge in [-0.1, -0.05) is 43.7 Å². The van der Waals surface area contributed by atoms with Crippen LogP contribution in [-0.4, -0.2) is 29.9 Å². The molecule has 1 aromatic carbocycles. The minimum Gasteiger partial charge on any atom is -0.343 e. The van der Waals surface area contributed by atoms with Gasteiger partial charge in [-0.3, -0.25) is 4.79 Å². The van der Waals surface area contributed by atoms with Crippen LogP contribution in [0, 0.1) is 6.92 Å². The molecule has 1 saturated carbocycles. The number of rotatable bonds is 4. The number of benzene rings is 1. The molecule has 20 heavy (non-hydrogen) atoms. The molecule has 0 aromatic heterocycles. The van der Waals surface area contributed by atoms with Crippen molar-refractivity contribution in [1.82, 2.24) is 4.90 Å². The Labute approximate surface area is 127 Å². The van der Waals surface area contributed by atoms with E-state index in [-0.39, 0.29) is 23.7 Å². The van der Waals surface area contributed by atoms with Crippen LogP contribution < -0.4 is 5.73 Å². The van der Waals surface area contributed by atoms with Crippen LogP contribution in [0.4, 0.5) is 0 Å². The smallest absolute Gasteiger partial charge is 0.242 e. The molecule has 0 bridgehead atoms. The van der Waals surface area contributed by atoms with Gasteiger partial charge in [0, 0.05) is 19.0 Å². The highest BCUT2D eigenvalue weighted by Gasteiger charge is 2.48. The van der Waals surface area contributed by atoms with E-state index in [9.17, 15) is 4.79 Å². The second-order valence-electron chi connectivity index (χ2n) is 6.57. The zero-order valence-electron chi connectivity index (χ0n) is 12.8. The summed E-state index contributed by atoms with van der Waals surface area (Å²) < 4.78 is 0. The second kappa shape index (κ2) is 5.74. The van der Waals surface area contributed by atoms with Crippen LogP contribution in [0.3, 0.4) is 0 Å². The summed E-state index contributed by atoms with van der Waals surface area (Å²) in [5, 5.41) is 0. The summed E-state index contributed by atoms with van der Waals surface area (Å²) in [6, 6.07) is 8.51. The Kier molecular flexibility index (Phi) is 4.88. The second-order valence-corrected chi connectivity index (χ2v) is 6.57. The molecule has 1 amide bonds. The third-order valence-electron chi connectivity index (χ3n) is 4.03. The van der Waals surface area contributed by atoms with E-state index in [4.69, 9.17) is 5.73 Å². The van der Waals surface area contributed by atoms with Gasteiger partial charge >= 0.3 is 0 Å². The fraction of sp³-hybridized carbons (Fsp3) is 0.562. The van der Waals surface area contributed by atoms with Gasteiger partial charge in [-0.15, -0.1) is 12.4 Å². The molecule has 4 heteroatoms. The van der Waals surface area contributed by atoms with Gasteiger partial charge in [0.25, 0.3) is 0 Å². The number of nitrogens with zero attached hydrogens (tertiary/aromatic N) is 1. The van der Waals surface area contributed by atoms with Gasteiger partial charge in [0.2, 0.25) is 5.91 Å². The molecular formula is C16H25ClN2O. The number of aryl methyl sites for hydroxylation is 1. The average molecular weight is 297 g/mol. The van der Waals surface area contributed by atoms with E-state index in [0.717, 1.165) is 12.8 Å². The zero-order valence-corrected chi connectivity index (χ0v) is 13.6. The topological polar surface area (TPSA) is 46.3 Å². The molecule has 0 unspecified atom stereocenters. The first kappa shape index (κ1) is 17.0. The van der Waals surface area contributed by atoms with Crippen LogP contribution in [0.15, 0.2) is 24.3 Å². The first-order valence-corrected chi connectivity index (χ1v) is 6.86. The Hall–Kier alpha value is -1.06. The highest BCUT2D eigenvalue weighted by molar-refractivity contribution is 5.89. The lowest BCUT2D eigenvalue weighted by molar-refractivity contribution is -0.133. The van der Waals surface area contributed by atoms with E-state index in [1.165, 1.54) is 11.1 Å². The van der Waals surface area contributed by atoms with Crippen molar-refractivity contribution >= 4 is 18.3 Å². The minimum atomic E-state index is -0.571. The molecule has 1 aliphatic rings. The van der Waals surface area contributed by atoms with Gasteiger partial charge < -0.3 is 10.6 Å². The number of halogens is 1. The van der Waals surface area contributed by atoms with Crippen LogP contribution in [0.2, 0.25) is 0 Å². The van der Waals surface area contributed by atoms with Gasteiger partial charge in [-0.05, 0) is 25.3 Å². The number of carbonyl (C=O) groups is 1. The molecule has 2 rings (SSSR count). The van der Waals surface area contributed by atoms with E-state index in [1.807, 2.05) is 7.05 Å². The summed E-state index contributed by atoms with van der Waals surface area (Å²) in [5.74, 6) is 0.0766. The van der Waals surface area contributed by atoms with Crippen LogP contribution in [0.5, 0.6) is 0 Å². The quantitative estimate of drug-likeness (QED) is 0.928. The third kappa shape index (κ3) is 3.53. The van der Waals surface area contributed by atoms with E-state index in [0.29, 0.717) is 6.54 Å². The Balaban J connectivity index is 0.00000200. The van der Waals surface area contributed by atoms with Crippen molar-refractivity contribution in [3.8, 4) is 0 Å². The van der Waals surface area contributed by atoms with E-state index >= 15 is 0 Å². The zero-order chi connectivity index (χ0) is 14.3. The molecular weight excluding hydrogens is 272 g/mol. The van der Waals surface area contributed by atoms with Crippen molar-refractivity contribution in [1.29, 1.82) is 0 Å². The fourth-order valence-corrected chi connectivity index (χ4v) is 2.49. The molecule has 0 spiro atoms. The van der Waals surface area contributed by atoms with E-state index in [2.05, 4.69) is 45.0 Å². The predicted octanol–water partition coefficient (Wildman–Crippen LogP) is 2.64. The molecule has 0 aliphatic heterocycles. The van der Waals surface area contributed by atoms with Gasteiger partial charge in [-0.25, -0.2) is 0 Å². The van der Waals surface area contributed by atoms with Crippen molar-refractivity contribution in [3.05, 3.63) is 35.4 Å². The third-order valence-corrected chi connectivity index (χ3v) is 4.03. The molecule has 2 N–H and O–H groups in total. The van der Waals surface area contributed by atoms with Crippen molar-refractivity contribution in [2.75, 3.05) is 13.6 Å². The number of hydrogen-bond donors (Lipinski definition) is 1. The van der Waals surface area contributed by atoms with E-state index in [1.54, 1.807) is 4.90 Å². The molecule has 0 atom stereocenters. The normalized spacial score (nSPS) is 16.2. The van der Waals surface area contributed by atoms with Gasteiger partial charge in [0.15, 0.2) is 0 Å². The SMILES string of the molecule is Cc1ccc(C(C)(C)CN(C)C(=O)C2(N)CC2)cc1.Cl. The van der Waals surface area contributed by atoms with Crippen molar-refractivity contribution in [2.24, 2.45) is 5.73 Å². The first-order chi connectivity index (χ1) is 8.74. The monoisotopic (exact) mass is 296 g/mol. The molecule has 1 aliphatic carbocycles. The maximum absolute atomic E-state index is 12.2. The highest BCUT2D eigenvalue weighted by Crippen LogP contribution is 2.35. The van der Waals surface area contributed by atoms with Crippen molar-refractivity contribution < 1.29 is 4.79 Å². The summed E-state index contributed by atoms with van der Waals surface area (Å²) in [7, 11) is 1.85. The lowest BCUT2D eigenvalue weighted by atomic mass is 9.83.